The van der Waals surface area contributed by atoms with E-state index in [1.165, 1.54) is 0 Å². The Balaban J connectivity index is 2.36. The minimum atomic E-state index is -1.09. The van der Waals surface area contributed by atoms with Gasteiger partial charge in [-0.05, 0) is 38.2 Å². The lowest BCUT2D eigenvalue weighted by Crippen LogP contribution is -2.45. The number of carbonyl (C=O) groups excluding carboxylic acids is 1. The molecule has 1 aromatic rings. The standard InChI is InChI=1S/C16H23NO3/c1-17(2)11-13-7-8-14(18)10-16(13,19)12-5-4-6-15(9-12)20-3/h4-6,9,13,19H,7-8,10-11H2,1-3H3/t13-,16-/m0/s1. The summed E-state index contributed by atoms with van der Waals surface area (Å²) in [6.45, 7) is 0.765. The summed E-state index contributed by atoms with van der Waals surface area (Å²) in [6.07, 6.45) is 1.48. The monoisotopic (exact) mass is 277 g/mol. The van der Waals surface area contributed by atoms with Gasteiger partial charge in [0.2, 0.25) is 0 Å². The summed E-state index contributed by atoms with van der Waals surface area (Å²) in [5.74, 6) is 0.894. The van der Waals surface area contributed by atoms with Gasteiger partial charge < -0.3 is 14.7 Å². The molecule has 0 bridgehead atoms. The van der Waals surface area contributed by atoms with Crippen LogP contribution in [0.3, 0.4) is 0 Å². The fourth-order valence-electron chi connectivity index (χ4n) is 3.02. The molecule has 0 heterocycles. The van der Waals surface area contributed by atoms with Gasteiger partial charge in [0.15, 0.2) is 0 Å². The van der Waals surface area contributed by atoms with Gasteiger partial charge in [0.25, 0.3) is 0 Å². The Bertz CT molecular complexity index is 486. The van der Waals surface area contributed by atoms with Crippen molar-refractivity contribution < 1.29 is 14.6 Å². The number of aliphatic hydroxyl groups is 1. The van der Waals surface area contributed by atoms with Gasteiger partial charge in [-0.2, -0.15) is 0 Å². The molecule has 1 aromatic carbocycles. The summed E-state index contributed by atoms with van der Waals surface area (Å²) in [7, 11) is 5.58. The number of carbonyl (C=O) groups is 1. The van der Waals surface area contributed by atoms with Crippen LogP contribution < -0.4 is 4.74 Å². The molecule has 0 radical (unpaired) electrons. The lowest BCUT2D eigenvalue weighted by molar-refractivity contribution is -0.135. The Morgan fingerprint density at radius 3 is 2.85 bits per heavy atom. The van der Waals surface area contributed by atoms with Crippen molar-refractivity contribution in [1.29, 1.82) is 0 Å². The normalized spacial score (nSPS) is 26.9. The summed E-state index contributed by atoms with van der Waals surface area (Å²) in [6, 6.07) is 7.42. The third kappa shape index (κ3) is 3.02. The smallest absolute Gasteiger partial charge is 0.136 e. The second-order valence-corrected chi connectivity index (χ2v) is 5.87. The van der Waals surface area contributed by atoms with Crippen LogP contribution in [0.15, 0.2) is 24.3 Å². The van der Waals surface area contributed by atoms with Gasteiger partial charge in [-0.15, -0.1) is 0 Å². The van der Waals surface area contributed by atoms with Gasteiger partial charge in [0, 0.05) is 25.3 Å². The summed E-state index contributed by atoms with van der Waals surface area (Å²) in [5, 5.41) is 11.1. The van der Waals surface area contributed by atoms with Crippen molar-refractivity contribution >= 4 is 5.78 Å². The van der Waals surface area contributed by atoms with Crippen LogP contribution in [-0.4, -0.2) is 43.5 Å². The molecule has 20 heavy (non-hydrogen) atoms. The first kappa shape index (κ1) is 15.0. The van der Waals surface area contributed by atoms with Crippen LogP contribution in [0.2, 0.25) is 0 Å². The molecule has 0 saturated heterocycles. The fraction of sp³-hybridized carbons (Fsp3) is 0.562. The molecule has 1 aliphatic rings. The van der Waals surface area contributed by atoms with Crippen LogP contribution in [0.25, 0.3) is 0 Å². The van der Waals surface area contributed by atoms with Gasteiger partial charge in [-0.25, -0.2) is 0 Å². The quantitative estimate of drug-likeness (QED) is 0.912. The number of ether oxygens (including phenoxy) is 1. The van der Waals surface area contributed by atoms with E-state index in [0.29, 0.717) is 12.2 Å². The zero-order valence-electron chi connectivity index (χ0n) is 12.4. The van der Waals surface area contributed by atoms with Gasteiger partial charge >= 0.3 is 0 Å². The molecule has 1 saturated carbocycles. The minimum absolute atomic E-state index is 0.0577. The third-order valence-corrected chi connectivity index (χ3v) is 4.07. The second kappa shape index (κ2) is 5.94. The van der Waals surface area contributed by atoms with E-state index < -0.39 is 5.60 Å². The molecule has 0 aliphatic heterocycles. The highest BCUT2D eigenvalue weighted by Crippen LogP contribution is 2.41. The first-order valence-corrected chi connectivity index (χ1v) is 6.99. The van der Waals surface area contributed by atoms with Gasteiger partial charge in [0.05, 0.1) is 7.11 Å². The summed E-state index contributed by atoms with van der Waals surface area (Å²) in [4.78, 5) is 13.9. The molecule has 4 heteroatoms. The van der Waals surface area contributed by atoms with E-state index in [4.69, 9.17) is 4.74 Å². The zero-order chi connectivity index (χ0) is 14.8. The molecule has 1 fully saturated rings. The minimum Gasteiger partial charge on any atom is -0.497 e. The lowest BCUT2D eigenvalue weighted by Gasteiger charge is -2.41. The number of rotatable bonds is 4. The molecule has 0 aromatic heterocycles. The molecular weight excluding hydrogens is 254 g/mol. The highest BCUT2D eigenvalue weighted by Gasteiger charge is 2.43. The van der Waals surface area contributed by atoms with Crippen LogP contribution in [-0.2, 0) is 10.4 Å². The van der Waals surface area contributed by atoms with Crippen molar-refractivity contribution in [2.45, 2.75) is 24.9 Å². The van der Waals surface area contributed by atoms with Crippen molar-refractivity contribution in [3.05, 3.63) is 29.8 Å². The molecule has 0 amide bonds. The van der Waals surface area contributed by atoms with E-state index in [0.717, 1.165) is 18.5 Å². The molecule has 1 N–H and O–H groups in total. The van der Waals surface area contributed by atoms with Crippen LogP contribution in [0.1, 0.15) is 24.8 Å². The van der Waals surface area contributed by atoms with Gasteiger partial charge in [-0.3, -0.25) is 4.79 Å². The average Bonchev–Trinajstić information content (AvgIpc) is 2.42. The summed E-state index contributed by atoms with van der Waals surface area (Å²) >= 11 is 0. The number of methoxy groups -OCH3 is 1. The second-order valence-electron chi connectivity index (χ2n) is 5.87. The Morgan fingerprint density at radius 1 is 1.45 bits per heavy atom. The molecule has 0 spiro atoms. The Morgan fingerprint density at radius 2 is 2.20 bits per heavy atom. The SMILES string of the molecule is COc1cccc([C@@]2(O)CC(=O)CC[C@H]2CN(C)C)c1. The fourth-order valence-corrected chi connectivity index (χ4v) is 3.02. The van der Waals surface area contributed by atoms with E-state index in [2.05, 4.69) is 4.90 Å². The van der Waals surface area contributed by atoms with E-state index in [9.17, 15) is 9.90 Å². The molecule has 4 nitrogen and oxygen atoms in total. The van der Waals surface area contributed by atoms with Crippen molar-refractivity contribution in [2.24, 2.45) is 5.92 Å². The maximum absolute atomic E-state index is 11.8. The molecular formula is C16H23NO3. The largest absolute Gasteiger partial charge is 0.497 e. The highest BCUT2D eigenvalue weighted by molar-refractivity contribution is 5.80. The number of benzene rings is 1. The molecule has 2 rings (SSSR count). The topological polar surface area (TPSA) is 49.8 Å². The van der Waals surface area contributed by atoms with Crippen molar-refractivity contribution in [1.82, 2.24) is 4.90 Å². The maximum atomic E-state index is 11.8. The van der Waals surface area contributed by atoms with Crippen LogP contribution >= 0.6 is 0 Å². The van der Waals surface area contributed by atoms with E-state index >= 15 is 0 Å². The lowest BCUT2D eigenvalue weighted by atomic mass is 9.71. The third-order valence-electron chi connectivity index (χ3n) is 4.07. The molecule has 1 aliphatic carbocycles. The van der Waals surface area contributed by atoms with E-state index in [-0.39, 0.29) is 18.1 Å². The molecule has 0 unspecified atom stereocenters. The Labute approximate surface area is 120 Å². The average molecular weight is 277 g/mol. The highest BCUT2D eigenvalue weighted by atomic mass is 16.5. The van der Waals surface area contributed by atoms with Crippen molar-refractivity contribution in [2.75, 3.05) is 27.7 Å². The van der Waals surface area contributed by atoms with Crippen molar-refractivity contribution in [3.63, 3.8) is 0 Å². The Hall–Kier alpha value is -1.39. The first-order valence-electron chi connectivity index (χ1n) is 6.99. The van der Waals surface area contributed by atoms with Crippen LogP contribution in [0.4, 0.5) is 0 Å². The van der Waals surface area contributed by atoms with Crippen LogP contribution in [0, 0.1) is 5.92 Å². The van der Waals surface area contributed by atoms with E-state index in [1.807, 2.05) is 38.4 Å². The predicted molar refractivity (Wildman–Crippen MR) is 77.8 cm³/mol. The number of hydrogen-bond acceptors (Lipinski definition) is 4. The first-order chi connectivity index (χ1) is 9.45. The zero-order valence-corrected chi connectivity index (χ0v) is 12.4. The van der Waals surface area contributed by atoms with E-state index in [1.54, 1.807) is 7.11 Å². The molecule has 2 atom stereocenters. The molecule has 110 valence electrons. The number of ketones is 1. The summed E-state index contributed by atoms with van der Waals surface area (Å²) < 4.78 is 5.23. The van der Waals surface area contributed by atoms with Gasteiger partial charge in [-0.1, -0.05) is 12.1 Å². The number of Topliss-reactive ketones (excluding diaryl/α,β-unsaturated/α-hetero) is 1. The van der Waals surface area contributed by atoms with Gasteiger partial charge in [0.1, 0.15) is 17.1 Å². The number of nitrogens with zero attached hydrogens (tertiary/aromatic N) is 1. The summed E-state index contributed by atoms with van der Waals surface area (Å²) in [5.41, 5.74) is -0.314. The number of hydrogen-bond donors (Lipinski definition) is 1. The Kier molecular flexibility index (Phi) is 4.45. The predicted octanol–water partition coefficient (Wildman–Crippen LogP) is 1.81. The maximum Gasteiger partial charge on any atom is 0.136 e. The van der Waals surface area contributed by atoms with Crippen LogP contribution in [0.5, 0.6) is 5.75 Å². The van der Waals surface area contributed by atoms with Crippen molar-refractivity contribution in [3.8, 4) is 5.75 Å².